The summed E-state index contributed by atoms with van der Waals surface area (Å²) in [5.74, 6) is -0.196. The SMILES string of the molecule is Cc1oc(C)c(C(=O)Nc2sccc2C(=O)O)c1C. The van der Waals surface area contributed by atoms with Crippen LogP contribution >= 0.6 is 11.3 Å². The van der Waals surface area contributed by atoms with Crippen molar-refractivity contribution in [1.82, 2.24) is 0 Å². The van der Waals surface area contributed by atoms with Gasteiger partial charge in [-0.05, 0) is 32.2 Å². The smallest absolute Gasteiger partial charge is 0.338 e. The fraction of sp³-hybridized carbons (Fsp3) is 0.231. The molecule has 0 spiro atoms. The van der Waals surface area contributed by atoms with E-state index < -0.39 is 5.97 Å². The van der Waals surface area contributed by atoms with Gasteiger partial charge >= 0.3 is 5.97 Å². The Hall–Kier alpha value is -2.08. The number of aryl methyl sites for hydroxylation is 2. The molecular formula is C13H13NO4S. The molecule has 0 aliphatic carbocycles. The fourth-order valence-electron chi connectivity index (χ4n) is 1.87. The third-order valence-corrected chi connectivity index (χ3v) is 3.74. The van der Waals surface area contributed by atoms with Gasteiger partial charge in [0.2, 0.25) is 0 Å². The summed E-state index contributed by atoms with van der Waals surface area (Å²) in [6.07, 6.45) is 0. The first-order valence-corrected chi connectivity index (χ1v) is 6.48. The van der Waals surface area contributed by atoms with Gasteiger partial charge < -0.3 is 14.8 Å². The second-order valence-electron chi connectivity index (χ2n) is 4.14. The van der Waals surface area contributed by atoms with Crippen LogP contribution in [0, 0.1) is 20.8 Å². The number of nitrogens with one attached hydrogen (secondary N) is 1. The Morgan fingerprint density at radius 3 is 2.47 bits per heavy atom. The number of carboxylic acid groups (broad SMARTS) is 1. The van der Waals surface area contributed by atoms with Crippen LogP contribution in [0.2, 0.25) is 0 Å². The molecule has 2 aromatic rings. The van der Waals surface area contributed by atoms with Gasteiger partial charge in [-0.1, -0.05) is 0 Å². The average Bonchev–Trinajstić information content (AvgIpc) is 2.85. The molecule has 0 radical (unpaired) electrons. The summed E-state index contributed by atoms with van der Waals surface area (Å²) in [6.45, 7) is 5.29. The zero-order valence-electron chi connectivity index (χ0n) is 10.7. The minimum atomic E-state index is -1.06. The van der Waals surface area contributed by atoms with E-state index in [1.807, 2.05) is 0 Å². The number of hydrogen-bond donors (Lipinski definition) is 2. The Labute approximate surface area is 113 Å². The van der Waals surface area contributed by atoms with Gasteiger partial charge in [0.25, 0.3) is 5.91 Å². The summed E-state index contributed by atoms with van der Waals surface area (Å²) < 4.78 is 5.39. The maximum absolute atomic E-state index is 12.2. The van der Waals surface area contributed by atoms with Crippen molar-refractivity contribution in [3.8, 4) is 0 Å². The lowest BCUT2D eigenvalue weighted by atomic mass is 10.1. The summed E-state index contributed by atoms with van der Waals surface area (Å²) in [6, 6.07) is 1.46. The van der Waals surface area contributed by atoms with Gasteiger partial charge in [0.1, 0.15) is 16.5 Å². The zero-order valence-corrected chi connectivity index (χ0v) is 11.6. The van der Waals surface area contributed by atoms with Crippen LogP contribution in [0.25, 0.3) is 0 Å². The number of furan rings is 1. The van der Waals surface area contributed by atoms with Crippen LogP contribution in [0.3, 0.4) is 0 Å². The van der Waals surface area contributed by atoms with Gasteiger partial charge in [0.05, 0.1) is 11.1 Å². The summed E-state index contributed by atoms with van der Waals surface area (Å²) in [5, 5.41) is 13.6. The minimum Gasteiger partial charge on any atom is -0.478 e. The second-order valence-corrected chi connectivity index (χ2v) is 5.05. The highest BCUT2D eigenvalue weighted by atomic mass is 32.1. The lowest BCUT2D eigenvalue weighted by molar-refractivity contribution is 0.0698. The van der Waals surface area contributed by atoms with E-state index in [2.05, 4.69) is 5.32 Å². The van der Waals surface area contributed by atoms with Crippen LogP contribution in [-0.2, 0) is 0 Å². The summed E-state index contributed by atoms with van der Waals surface area (Å²) >= 11 is 1.18. The van der Waals surface area contributed by atoms with Crippen molar-refractivity contribution in [1.29, 1.82) is 0 Å². The van der Waals surface area contributed by atoms with Crippen molar-refractivity contribution in [3.63, 3.8) is 0 Å². The minimum absolute atomic E-state index is 0.0915. The highest BCUT2D eigenvalue weighted by Crippen LogP contribution is 2.26. The molecular weight excluding hydrogens is 266 g/mol. The normalized spacial score (nSPS) is 10.5. The van der Waals surface area contributed by atoms with E-state index in [1.165, 1.54) is 17.4 Å². The standard InChI is InChI=1S/C13H13NO4S/c1-6-7(2)18-8(3)10(6)11(15)14-12-9(13(16)17)4-5-19-12/h4-5H,1-3H3,(H,14,15)(H,16,17). The molecule has 0 bridgehead atoms. The van der Waals surface area contributed by atoms with Crippen LogP contribution in [0.15, 0.2) is 15.9 Å². The summed E-state index contributed by atoms with van der Waals surface area (Å²) in [5.41, 5.74) is 1.32. The molecule has 2 aromatic heterocycles. The fourth-order valence-corrected chi connectivity index (χ4v) is 2.64. The molecule has 0 aliphatic heterocycles. The van der Waals surface area contributed by atoms with Crippen LogP contribution in [-0.4, -0.2) is 17.0 Å². The Morgan fingerprint density at radius 1 is 1.26 bits per heavy atom. The first kappa shape index (κ1) is 13.4. The number of carbonyl (C=O) groups is 2. The lowest BCUT2D eigenvalue weighted by Crippen LogP contribution is -2.14. The molecule has 19 heavy (non-hydrogen) atoms. The molecule has 0 atom stereocenters. The van der Waals surface area contributed by atoms with Gasteiger partial charge in [-0.2, -0.15) is 0 Å². The molecule has 5 nitrogen and oxygen atoms in total. The predicted molar refractivity (Wildman–Crippen MR) is 72.2 cm³/mol. The first-order valence-electron chi connectivity index (χ1n) is 5.60. The number of aromatic carboxylic acids is 1. The van der Waals surface area contributed by atoms with Gasteiger partial charge in [0, 0.05) is 5.56 Å². The molecule has 0 aromatic carbocycles. The van der Waals surface area contributed by atoms with Crippen molar-refractivity contribution >= 4 is 28.2 Å². The lowest BCUT2D eigenvalue weighted by Gasteiger charge is -2.04. The van der Waals surface area contributed by atoms with Gasteiger partial charge in [-0.3, -0.25) is 4.79 Å². The molecule has 0 fully saturated rings. The molecule has 0 aliphatic rings. The van der Waals surface area contributed by atoms with E-state index in [1.54, 1.807) is 26.2 Å². The van der Waals surface area contributed by atoms with Gasteiger partial charge in [-0.15, -0.1) is 11.3 Å². The molecule has 1 amide bonds. The van der Waals surface area contributed by atoms with Crippen LogP contribution < -0.4 is 5.32 Å². The average molecular weight is 279 g/mol. The predicted octanol–water partition coefficient (Wildman–Crippen LogP) is 3.22. The molecule has 6 heteroatoms. The van der Waals surface area contributed by atoms with Crippen molar-refractivity contribution in [2.24, 2.45) is 0 Å². The zero-order chi connectivity index (χ0) is 14.2. The Balaban J connectivity index is 2.31. The number of carboxylic acids is 1. The number of carbonyl (C=O) groups excluding carboxylic acids is 1. The van der Waals surface area contributed by atoms with Crippen molar-refractivity contribution in [2.45, 2.75) is 20.8 Å². The third kappa shape index (κ3) is 2.39. The molecule has 0 unspecified atom stereocenters. The van der Waals surface area contributed by atoms with E-state index in [0.29, 0.717) is 22.1 Å². The van der Waals surface area contributed by atoms with Gasteiger partial charge in [0.15, 0.2) is 0 Å². The largest absolute Gasteiger partial charge is 0.478 e. The molecule has 2 N–H and O–H groups in total. The first-order chi connectivity index (χ1) is 8.91. The Bertz CT molecular complexity index is 654. The second kappa shape index (κ2) is 4.89. The van der Waals surface area contributed by atoms with E-state index in [-0.39, 0.29) is 11.5 Å². The number of thiophene rings is 1. The Kier molecular flexibility index (Phi) is 3.44. The van der Waals surface area contributed by atoms with E-state index in [4.69, 9.17) is 9.52 Å². The highest BCUT2D eigenvalue weighted by molar-refractivity contribution is 7.14. The number of hydrogen-bond acceptors (Lipinski definition) is 4. The molecule has 100 valence electrons. The van der Waals surface area contributed by atoms with Crippen molar-refractivity contribution < 1.29 is 19.1 Å². The van der Waals surface area contributed by atoms with Gasteiger partial charge in [-0.25, -0.2) is 4.79 Å². The van der Waals surface area contributed by atoms with Crippen molar-refractivity contribution in [3.05, 3.63) is 39.7 Å². The van der Waals surface area contributed by atoms with Crippen molar-refractivity contribution in [2.75, 3.05) is 5.32 Å². The summed E-state index contributed by atoms with van der Waals surface area (Å²) in [4.78, 5) is 23.2. The third-order valence-electron chi connectivity index (χ3n) is 2.91. The summed E-state index contributed by atoms with van der Waals surface area (Å²) in [7, 11) is 0. The van der Waals surface area contributed by atoms with E-state index in [9.17, 15) is 9.59 Å². The highest BCUT2D eigenvalue weighted by Gasteiger charge is 2.21. The maximum Gasteiger partial charge on any atom is 0.338 e. The monoisotopic (exact) mass is 279 g/mol. The molecule has 2 heterocycles. The van der Waals surface area contributed by atoms with E-state index in [0.717, 1.165) is 5.56 Å². The van der Waals surface area contributed by atoms with Crippen LogP contribution in [0.5, 0.6) is 0 Å². The quantitative estimate of drug-likeness (QED) is 0.904. The maximum atomic E-state index is 12.2. The molecule has 0 saturated heterocycles. The number of anilines is 1. The van der Waals surface area contributed by atoms with Crippen LogP contribution in [0.4, 0.5) is 5.00 Å². The van der Waals surface area contributed by atoms with Crippen LogP contribution in [0.1, 0.15) is 37.8 Å². The number of rotatable bonds is 3. The Morgan fingerprint density at radius 2 is 1.95 bits per heavy atom. The van der Waals surface area contributed by atoms with E-state index >= 15 is 0 Å². The number of amides is 1. The molecule has 0 saturated carbocycles. The topological polar surface area (TPSA) is 79.5 Å². The molecule has 2 rings (SSSR count).